The SMILES string of the molecule is CC/C=N\N(N)c1nc(OCC)c(NC(=O)Nc2cnc3sc(C)nc3c2[C@H](C)OC)cc1C(F)(F)F. The van der Waals surface area contributed by atoms with Crippen LogP contribution in [0.5, 0.6) is 5.88 Å². The molecule has 3 rings (SSSR count). The van der Waals surface area contributed by atoms with Gasteiger partial charge in [-0.3, -0.25) is 0 Å². The van der Waals surface area contributed by atoms with Crippen molar-refractivity contribution >= 4 is 51.1 Å². The molecule has 1 atom stereocenters. The summed E-state index contributed by atoms with van der Waals surface area (Å²) in [5.74, 6) is 4.75. The van der Waals surface area contributed by atoms with Gasteiger partial charge in [-0.05, 0) is 33.3 Å². The Hall–Kier alpha value is -3.56. The zero-order chi connectivity index (χ0) is 27.3. The van der Waals surface area contributed by atoms with Crippen molar-refractivity contribution in [2.45, 2.75) is 46.4 Å². The Morgan fingerprint density at radius 2 is 2.00 bits per heavy atom. The van der Waals surface area contributed by atoms with Gasteiger partial charge in [-0.2, -0.15) is 28.4 Å². The Bertz CT molecular complexity index is 1300. The molecule has 2 amide bonds. The Kier molecular flexibility index (Phi) is 8.83. The predicted molar refractivity (Wildman–Crippen MR) is 136 cm³/mol. The van der Waals surface area contributed by atoms with E-state index < -0.39 is 29.7 Å². The van der Waals surface area contributed by atoms with E-state index >= 15 is 0 Å². The van der Waals surface area contributed by atoms with Gasteiger partial charge in [0.05, 0.1) is 29.6 Å². The number of carbonyl (C=O) groups is 1. The van der Waals surface area contributed by atoms with E-state index in [9.17, 15) is 18.0 Å². The zero-order valence-corrected chi connectivity index (χ0v) is 21.6. The number of hydrazine groups is 1. The molecule has 200 valence electrons. The molecule has 0 bridgehead atoms. The van der Waals surface area contributed by atoms with Crippen LogP contribution in [0, 0.1) is 6.92 Å². The molecule has 3 heterocycles. The fourth-order valence-electron chi connectivity index (χ4n) is 3.34. The molecule has 0 radical (unpaired) electrons. The van der Waals surface area contributed by atoms with Gasteiger partial charge in [0.15, 0.2) is 5.82 Å². The first kappa shape index (κ1) is 28.0. The number of halogens is 3. The molecule has 0 aromatic carbocycles. The fourth-order valence-corrected chi connectivity index (χ4v) is 4.11. The zero-order valence-electron chi connectivity index (χ0n) is 20.8. The third-order valence-corrected chi connectivity index (χ3v) is 5.87. The minimum atomic E-state index is -4.85. The van der Waals surface area contributed by atoms with Gasteiger partial charge in [-0.1, -0.05) is 18.3 Å². The van der Waals surface area contributed by atoms with Crippen LogP contribution < -0.4 is 26.3 Å². The third kappa shape index (κ3) is 6.42. The van der Waals surface area contributed by atoms with Gasteiger partial charge in [-0.25, -0.2) is 20.6 Å². The molecule has 0 spiro atoms. The number of fused-ring (bicyclic) bond motifs is 1. The normalized spacial score (nSPS) is 12.7. The number of carbonyl (C=O) groups excluding carboxylic acids is 1. The molecule has 0 aliphatic carbocycles. The lowest BCUT2D eigenvalue weighted by molar-refractivity contribution is -0.137. The maximum Gasteiger partial charge on any atom is 0.420 e. The molecule has 0 saturated carbocycles. The first-order valence-corrected chi connectivity index (χ1v) is 12.0. The quantitative estimate of drug-likeness (QED) is 0.190. The van der Waals surface area contributed by atoms with Crippen molar-refractivity contribution in [3.05, 3.63) is 28.4 Å². The summed E-state index contributed by atoms with van der Waals surface area (Å²) in [6, 6.07) is -0.159. The van der Waals surface area contributed by atoms with Crippen LogP contribution in [-0.2, 0) is 10.9 Å². The number of nitrogens with zero attached hydrogens (tertiary/aromatic N) is 5. The summed E-state index contributed by atoms with van der Waals surface area (Å²) in [6.45, 7) is 7.03. The van der Waals surface area contributed by atoms with E-state index in [-0.39, 0.29) is 23.9 Å². The number of aromatic nitrogens is 3. The average molecular weight is 541 g/mol. The number of hydrogen-bond acceptors (Lipinski definition) is 10. The number of anilines is 3. The maximum atomic E-state index is 13.9. The number of alkyl halides is 3. The van der Waals surface area contributed by atoms with Crippen LogP contribution in [-0.4, -0.2) is 40.9 Å². The molecular formula is C22H27F3N8O3S. The number of nitrogens with two attached hydrogens (primary N) is 1. The summed E-state index contributed by atoms with van der Waals surface area (Å²) in [4.78, 5) is 26.3. The van der Waals surface area contributed by atoms with Crippen LogP contribution >= 0.6 is 11.3 Å². The molecule has 11 nitrogen and oxygen atoms in total. The van der Waals surface area contributed by atoms with E-state index in [0.29, 0.717) is 33.5 Å². The van der Waals surface area contributed by atoms with E-state index in [1.807, 2.05) is 6.92 Å². The largest absolute Gasteiger partial charge is 0.476 e. The number of nitrogens with one attached hydrogen (secondary N) is 2. The summed E-state index contributed by atoms with van der Waals surface area (Å²) in [5, 5.41) is 10.0. The third-order valence-electron chi connectivity index (χ3n) is 4.99. The van der Waals surface area contributed by atoms with Gasteiger partial charge in [-0.15, -0.1) is 0 Å². The lowest BCUT2D eigenvalue weighted by atomic mass is 10.1. The van der Waals surface area contributed by atoms with Crippen LogP contribution in [0.1, 0.15) is 49.4 Å². The number of urea groups is 1. The van der Waals surface area contributed by atoms with Crippen LogP contribution in [0.15, 0.2) is 17.4 Å². The van der Waals surface area contributed by atoms with E-state index in [1.165, 1.54) is 30.9 Å². The van der Waals surface area contributed by atoms with Crippen LogP contribution in [0.3, 0.4) is 0 Å². The second-order valence-corrected chi connectivity index (χ2v) is 8.80. The highest BCUT2D eigenvalue weighted by Crippen LogP contribution is 2.40. The van der Waals surface area contributed by atoms with Crippen LogP contribution in [0.25, 0.3) is 10.3 Å². The standard InChI is InChI=1S/C22H27F3N8O3S/c1-6-8-28-33(26)18-13(22(23,24)25)9-14(19(32-18)36-7-2)30-21(34)31-15-10-27-20-17(29-12(4)37-20)16(15)11(3)35-5/h8-11H,6-7,26H2,1-5H3,(H2,30,31,34)/b28-8-/t11-/m0/s1. The number of rotatable bonds is 9. The first-order chi connectivity index (χ1) is 17.5. The molecule has 3 aromatic rings. The Balaban J connectivity index is 2.01. The van der Waals surface area contributed by atoms with E-state index in [0.717, 1.165) is 5.01 Å². The highest BCUT2D eigenvalue weighted by molar-refractivity contribution is 7.18. The van der Waals surface area contributed by atoms with Crippen molar-refractivity contribution < 1.29 is 27.4 Å². The number of hydrazone groups is 1. The predicted octanol–water partition coefficient (Wildman–Crippen LogP) is 5.24. The van der Waals surface area contributed by atoms with Crippen molar-refractivity contribution in [1.82, 2.24) is 15.0 Å². The second-order valence-electron chi connectivity index (χ2n) is 7.62. The summed E-state index contributed by atoms with van der Waals surface area (Å²) in [5.41, 5.74) is -0.107. The van der Waals surface area contributed by atoms with Gasteiger partial charge in [0.25, 0.3) is 0 Å². The minimum Gasteiger partial charge on any atom is -0.476 e. The smallest absolute Gasteiger partial charge is 0.420 e. The molecule has 0 unspecified atom stereocenters. The monoisotopic (exact) mass is 540 g/mol. The lowest BCUT2D eigenvalue weighted by Gasteiger charge is -2.21. The number of aryl methyl sites for hydroxylation is 1. The van der Waals surface area contributed by atoms with Gasteiger partial charge in [0.2, 0.25) is 5.88 Å². The highest BCUT2D eigenvalue weighted by atomic mass is 32.1. The molecule has 3 aromatic heterocycles. The molecule has 0 aliphatic heterocycles. The Morgan fingerprint density at radius 3 is 2.62 bits per heavy atom. The molecule has 0 aliphatic rings. The topological polar surface area (TPSA) is 140 Å². The van der Waals surface area contributed by atoms with Gasteiger partial charge in [0.1, 0.15) is 21.6 Å². The highest BCUT2D eigenvalue weighted by Gasteiger charge is 2.37. The maximum absolute atomic E-state index is 13.9. The molecule has 0 fully saturated rings. The number of amides is 2. The summed E-state index contributed by atoms with van der Waals surface area (Å²) >= 11 is 1.38. The van der Waals surface area contributed by atoms with E-state index in [4.69, 9.17) is 15.3 Å². The number of pyridine rings is 2. The van der Waals surface area contributed by atoms with E-state index in [2.05, 4.69) is 30.7 Å². The first-order valence-electron chi connectivity index (χ1n) is 11.2. The summed E-state index contributed by atoms with van der Waals surface area (Å²) < 4.78 is 52.5. The lowest BCUT2D eigenvalue weighted by Crippen LogP contribution is -2.29. The number of hydrogen-bond donors (Lipinski definition) is 3. The number of thiazole rings is 1. The van der Waals surface area contributed by atoms with Crippen molar-refractivity contribution in [2.75, 3.05) is 29.5 Å². The van der Waals surface area contributed by atoms with Crippen molar-refractivity contribution in [3.63, 3.8) is 0 Å². The van der Waals surface area contributed by atoms with Gasteiger partial charge < -0.3 is 20.1 Å². The summed E-state index contributed by atoms with van der Waals surface area (Å²) in [6.07, 6.45) is -2.10. The van der Waals surface area contributed by atoms with E-state index in [1.54, 1.807) is 20.8 Å². The molecule has 15 heteroatoms. The van der Waals surface area contributed by atoms with Gasteiger partial charge in [0, 0.05) is 18.9 Å². The second kappa shape index (κ2) is 11.7. The van der Waals surface area contributed by atoms with Crippen molar-refractivity contribution in [2.24, 2.45) is 10.9 Å². The Labute approximate surface area is 214 Å². The van der Waals surface area contributed by atoms with Crippen LogP contribution in [0.4, 0.5) is 35.2 Å². The number of ether oxygens (including phenoxy) is 2. The molecular weight excluding hydrogens is 513 g/mol. The number of methoxy groups -OCH3 is 1. The fraction of sp³-hybridized carbons (Fsp3) is 0.409. The van der Waals surface area contributed by atoms with Crippen molar-refractivity contribution in [3.8, 4) is 5.88 Å². The van der Waals surface area contributed by atoms with Crippen LogP contribution in [0.2, 0.25) is 0 Å². The summed E-state index contributed by atoms with van der Waals surface area (Å²) in [7, 11) is 1.51. The average Bonchev–Trinajstić information content (AvgIpc) is 3.22. The molecule has 37 heavy (non-hydrogen) atoms. The van der Waals surface area contributed by atoms with Crippen molar-refractivity contribution in [1.29, 1.82) is 0 Å². The van der Waals surface area contributed by atoms with Gasteiger partial charge >= 0.3 is 12.2 Å². The minimum absolute atomic E-state index is 0.0656. The molecule has 0 saturated heterocycles. The Morgan fingerprint density at radius 1 is 1.30 bits per heavy atom. The molecule has 4 N–H and O–H groups in total.